The standard InChI is InChI=1S/C16H17N3O3/c1-11(16(21)22)19(14-6-7-14)15(20)12-2-4-13(5-3-12)18-9-8-17-10-18/h2-5,8-11,14H,6-7H2,1H3,(H,21,22). The summed E-state index contributed by atoms with van der Waals surface area (Å²) >= 11 is 0. The molecule has 1 aromatic carbocycles. The first-order valence-electron chi connectivity index (χ1n) is 7.22. The first-order valence-corrected chi connectivity index (χ1v) is 7.22. The summed E-state index contributed by atoms with van der Waals surface area (Å²) in [5.41, 5.74) is 1.40. The van der Waals surface area contributed by atoms with Crippen LogP contribution in [-0.2, 0) is 4.79 Å². The Morgan fingerprint density at radius 3 is 2.50 bits per heavy atom. The quantitative estimate of drug-likeness (QED) is 0.915. The molecule has 1 saturated carbocycles. The maximum atomic E-state index is 12.6. The van der Waals surface area contributed by atoms with Crippen molar-refractivity contribution in [3.63, 3.8) is 0 Å². The van der Waals surface area contributed by atoms with E-state index in [1.807, 2.05) is 22.9 Å². The monoisotopic (exact) mass is 299 g/mol. The smallest absolute Gasteiger partial charge is 0.326 e. The van der Waals surface area contributed by atoms with Gasteiger partial charge in [0.2, 0.25) is 0 Å². The van der Waals surface area contributed by atoms with Crippen molar-refractivity contribution in [3.05, 3.63) is 48.5 Å². The number of aliphatic carboxylic acids is 1. The molecule has 0 spiro atoms. The number of benzene rings is 1. The van der Waals surface area contributed by atoms with E-state index in [9.17, 15) is 14.7 Å². The van der Waals surface area contributed by atoms with Crippen LogP contribution in [0.1, 0.15) is 30.1 Å². The lowest BCUT2D eigenvalue weighted by Gasteiger charge is -2.26. The topological polar surface area (TPSA) is 75.4 Å². The number of carbonyl (C=O) groups is 2. The van der Waals surface area contributed by atoms with Crippen LogP contribution in [0, 0.1) is 0 Å². The third-order valence-corrected chi connectivity index (χ3v) is 3.87. The minimum atomic E-state index is -0.977. The molecule has 1 aliphatic carbocycles. The fourth-order valence-corrected chi connectivity index (χ4v) is 2.47. The summed E-state index contributed by atoms with van der Waals surface area (Å²) in [7, 11) is 0. The molecule has 1 atom stereocenters. The van der Waals surface area contributed by atoms with E-state index >= 15 is 0 Å². The Morgan fingerprint density at radius 1 is 1.32 bits per heavy atom. The van der Waals surface area contributed by atoms with Gasteiger partial charge in [-0.2, -0.15) is 0 Å². The number of imidazole rings is 1. The normalized spacial score (nSPS) is 15.3. The number of carbonyl (C=O) groups excluding carboxylic acids is 1. The van der Waals surface area contributed by atoms with Crippen molar-refractivity contribution in [1.29, 1.82) is 0 Å². The molecule has 1 fully saturated rings. The highest BCUT2D eigenvalue weighted by Gasteiger charge is 2.38. The van der Waals surface area contributed by atoms with E-state index in [1.165, 1.54) is 4.90 Å². The second-order valence-corrected chi connectivity index (χ2v) is 5.47. The van der Waals surface area contributed by atoms with E-state index in [0.717, 1.165) is 18.5 Å². The average molecular weight is 299 g/mol. The van der Waals surface area contributed by atoms with Crippen molar-refractivity contribution in [2.24, 2.45) is 0 Å². The van der Waals surface area contributed by atoms with Crippen molar-refractivity contribution in [2.75, 3.05) is 0 Å². The van der Waals surface area contributed by atoms with E-state index in [4.69, 9.17) is 0 Å². The van der Waals surface area contributed by atoms with Gasteiger partial charge >= 0.3 is 5.97 Å². The molecule has 1 amide bonds. The van der Waals surface area contributed by atoms with Crippen LogP contribution in [0.5, 0.6) is 0 Å². The summed E-state index contributed by atoms with van der Waals surface area (Å²) in [5, 5.41) is 9.19. The van der Waals surface area contributed by atoms with Gasteiger partial charge in [0, 0.05) is 29.7 Å². The van der Waals surface area contributed by atoms with Crippen LogP contribution in [0.25, 0.3) is 5.69 Å². The zero-order valence-electron chi connectivity index (χ0n) is 12.2. The Kier molecular flexibility index (Phi) is 3.66. The van der Waals surface area contributed by atoms with Crippen molar-refractivity contribution >= 4 is 11.9 Å². The van der Waals surface area contributed by atoms with E-state index in [1.54, 1.807) is 31.6 Å². The zero-order valence-corrected chi connectivity index (χ0v) is 12.2. The maximum absolute atomic E-state index is 12.6. The summed E-state index contributed by atoms with van der Waals surface area (Å²) in [6, 6.07) is 6.33. The molecule has 1 aliphatic rings. The summed E-state index contributed by atoms with van der Waals surface area (Å²) in [5.74, 6) is -1.20. The Labute approximate surface area is 128 Å². The first kappa shape index (κ1) is 14.3. The molecule has 0 saturated heterocycles. The molecule has 2 aromatic rings. The molecule has 0 radical (unpaired) electrons. The van der Waals surface area contributed by atoms with Crippen LogP contribution in [-0.4, -0.2) is 43.5 Å². The molecular weight excluding hydrogens is 282 g/mol. The van der Waals surface area contributed by atoms with Crippen molar-refractivity contribution in [2.45, 2.75) is 31.8 Å². The van der Waals surface area contributed by atoms with Crippen molar-refractivity contribution in [1.82, 2.24) is 14.5 Å². The Bertz CT molecular complexity index is 675. The highest BCUT2D eigenvalue weighted by atomic mass is 16.4. The number of aromatic nitrogens is 2. The Morgan fingerprint density at radius 2 is 2.00 bits per heavy atom. The summed E-state index contributed by atoms with van der Waals surface area (Å²) in [6.07, 6.45) is 6.93. The molecular formula is C16H17N3O3. The van der Waals surface area contributed by atoms with Crippen LogP contribution in [0.3, 0.4) is 0 Å². The second kappa shape index (κ2) is 5.63. The largest absolute Gasteiger partial charge is 0.480 e. The van der Waals surface area contributed by atoms with Crippen LogP contribution in [0.2, 0.25) is 0 Å². The SMILES string of the molecule is CC(C(=O)O)N(C(=O)c1ccc(-n2ccnc2)cc1)C1CC1. The van der Waals surface area contributed by atoms with Gasteiger partial charge in [-0.3, -0.25) is 4.79 Å². The molecule has 6 heteroatoms. The van der Waals surface area contributed by atoms with E-state index in [2.05, 4.69) is 4.98 Å². The highest BCUT2D eigenvalue weighted by Crippen LogP contribution is 2.30. The first-order chi connectivity index (χ1) is 10.6. The van der Waals surface area contributed by atoms with Crippen molar-refractivity contribution in [3.8, 4) is 5.69 Å². The minimum absolute atomic E-state index is 0.0481. The van der Waals surface area contributed by atoms with Crippen molar-refractivity contribution < 1.29 is 14.7 Å². The molecule has 0 aliphatic heterocycles. The number of nitrogens with zero attached hydrogens (tertiary/aromatic N) is 3. The van der Waals surface area contributed by atoms with Gasteiger partial charge in [0.1, 0.15) is 6.04 Å². The Balaban J connectivity index is 1.83. The van der Waals surface area contributed by atoms with Crippen LogP contribution >= 0.6 is 0 Å². The van der Waals surface area contributed by atoms with Gasteiger partial charge in [0.25, 0.3) is 5.91 Å². The number of carboxylic acid groups (broad SMARTS) is 1. The number of hydrogen-bond donors (Lipinski definition) is 1. The molecule has 22 heavy (non-hydrogen) atoms. The van der Waals surface area contributed by atoms with Gasteiger partial charge in [-0.05, 0) is 44.0 Å². The minimum Gasteiger partial charge on any atom is -0.480 e. The van der Waals surface area contributed by atoms with E-state index < -0.39 is 12.0 Å². The fraction of sp³-hybridized carbons (Fsp3) is 0.312. The Hall–Kier alpha value is -2.63. The molecule has 114 valence electrons. The number of hydrogen-bond acceptors (Lipinski definition) is 3. The average Bonchev–Trinajstić information content (AvgIpc) is 3.19. The molecule has 1 N–H and O–H groups in total. The third kappa shape index (κ3) is 2.72. The van der Waals surface area contributed by atoms with Crippen LogP contribution < -0.4 is 0 Å². The summed E-state index contributed by atoms with van der Waals surface area (Å²) in [4.78, 5) is 29.3. The molecule has 1 unspecified atom stereocenters. The number of rotatable bonds is 5. The lowest BCUT2D eigenvalue weighted by atomic mass is 10.1. The third-order valence-electron chi connectivity index (χ3n) is 3.87. The molecule has 1 heterocycles. The highest BCUT2D eigenvalue weighted by molar-refractivity contribution is 5.97. The van der Waals surface area contributed by atoms with Gasteiger partial charge < -0.3 is 14.6 Å². The maximum Gasteiger partial charge on any atom is 0.326 e. The lowest BCUT2D eigenvalue weighted by Crippen LogP contribution is -2.44. The zero-order chi connectivity index (χ0) is 15.7. The van der Waals surface area contributed by atoms with E-state index in [-0.39, 0.29) is 11.9 Å². The summed E-state index contributed by atoms with van der Waals surface area (Å²) < 4.78 is 1.84. The molecule has 3 rings (SSSR count). The lowest BCUT2D eigenvalue weighted by molar-refractivity contribution is -0.141. The van der Waals surface area contributed by atoms with Crippen LogP contribution in [0.4, 0.5) is 0 Å². The van der Waals surface area contributed by atoms with Gasteiger partial charge in [-0.1, -0.05) is 0 Å². The molecule has 6 nitrogen and oxygen atoms in total. The van der Waals surface area contributed by atoms with Crippen LogP contribution in [0.15, 0.2) is 43.0 Å². The summed E-state index contributed by atoms with van der Waals surface area (Å²) in [6.45, 7) is 1.55. The van der Waals surface area contributed by atoms with Gasteiger partial charge in [-0.25, -0.2) is 9.78 Å². The predicted molar refractivity (Wildman–Crippen MR) is 79.9 cm³/mol. The van der Waals surface area contributed by atoms with Gasteiger partial charge in [0.05, 0.1) is 6.33 Å². The van der Waals surface area contributed by atoms with Gasteiger partial charge in [-0.15, -0.1) is 0 Å². The molecule has 1 aromatic heterocycles. The number of carboxylic acids is 1. The van der Waals surface area contributed by atoms with Gasteiger partial charge in [0.15, 0.2) is 0 Å². The predicted octanol–water partition coefficient (Wildman–Crippen LogP) is 1.95. The number of amides is 1. The molecule has 0 bridgehead atoms. The fourth-order valence-electron chi connectivity index (χ4n) is 2.47. The second-order valence-electron chi connectivity index (χ2n) is 5.47. The van der Waals surface area contributed by atoms with E-state index in [0.29, 0.717) is 5.56 Å².